The molecule has 1 aromatic heterocycles. The number of carboxylic acid groups (broad SMARTS) is 1. The molecule has 0 atom stereocenters. The third kappa shape index (κ3) is 6.03. The summed E-state index contributed by atoms with van der Waals surface area (Å²) in [4.78, 5) is 15.1. The lowest BCUT2D eigenvalue weighted by Crippen LogP contribution is -2.17. The molecule has 0 amide bonds. The quantitative estimate of drug-likeness (QED) is 0.332. The van der Waals surface area contributed by atoms with E-state index >= 15 is 0 Å². The maximum Gasteiger partial charge on any atom is 0.304 e. The molecule has 0 saturated carbocycles. The van der Waals surface area contributed by atoms with E-state index in [1.807, 2.05) is 55.5 Å². The number of aromatic nitrogens is 2. The number of carboxylic acids is 1. The first-order valence-corrected chi connectivity index (χ1v) is 10.2. The Morgan fingerprint density at radius 2 is 1.79 bits per heavy atom. The Balaban J connectivity index is 0.00000306. The van der Waals surface area contributed by atoms with E-state index in [4.69, 9.17) is 9.63 Å². The van der Waals surface area contributed by atoms with E-state index in [9.17, 15) is 9.18 Å². The lowest BCUT2D eigenvalue weighted by Gasteiger charge is -2.07. The summed E-state index contributed by atoms with van der Waals surface area (Å²) in [6, 6.07) is 20.0. The molecule has 6 nitrogen and oxygen atoms in total. The second-order valence-corrected chi connectivity index (χ2v) is 7.48. The Hall–Kier alpha value is -3.55. The van der Waals surface area contributed by atoms with Gasteiger partial charge in [-0.2, -0.15) is 4.98 Å². The van der Waals surface area contributed by atoms with Crippen LogP contribution in [0.2, 0.25) is 0 Å². The summed E-state index contributed by atoms with van der Waals surface area (Å²) < 4.78 is 19.0. The normalized spacial score (nSPS) is 10.6. The monoisotopic (exact) mass is 467 g/mol. The van der Waals surface area contributed by atoms with E-state index < -0.39 is 5.97 Å². The van der Waals surface area contributed by atoms with Crippen molar-refractivity contribution >= 4 is 18.4 Å². The van der Waals surface area contributed by atoms with Crippen LogP contribution in [0.15, 0.2) is 71.3 Å². The van der Waals surface area contributed by atoms with Gasteiger partial charge in [0.25, 0.3) is 5.89 Å². The van der Waals surface area contributed by atoms with Gasteiger partial charge in [0.05, 0.1) is 6.42 Å². The van der Waals surface area contributed by atoms with E-state index in [1.54, 1.807) is 6.07 Å². The number of hydrogen-bond acceptors (Lipinski definition) is 5. The molecule has 2 N–H and O–H groups in total. The topological polar surface area (TPSA) is 88.2 Å². The van der Waals surface area contributed by atoms with Crippen molar-refractivity contribution in [1.82, 2.24) is 15.5 Å². The Kier molecular flexibility index (Phi) is 7.92. The summed E-state index contributed by atoms with van der Waals surface area (Å²) in [7, 11) is 0. The van der Waals surface area contributed by atoms with Gasteiger partial charge in [0.15, 0.2) is 0 Å². The third-order valence-corrected chi connectivity index (χ3v) is 5.09. The standard InChI is InChI=1S/C25H22FN3O3.ClH/c1-16-13-20(9-10-22(16)19-3-2-4-21(26)14-19)25-28-24(29-32-25)18-7-5-17(6-8-18)15-27-12-11-23(30)31;/h2-10,13-14,27H,11-12,15H2,1H3,(H,30,31);1H. The van der Waals surface area contributed by atoms with Crippen molar-refractivity contribution in [2.75, 3.05) is 6.54 Å². The Morgan fingerprint density at radius 1 is 1.03 bits per heavy atom. The van der Waals surface area contributed by atoms with Gasteiger partial charge in [-0.05, 0) is 53.4 Å². The molecule has 0 unspecified atom stereocenters. The number of carbonyl (C=O) groups is 1. The van der Waals surface area contributed by atoms with E-state index in [0.29, 0.717) is 24.8 Å². The molecule has 0 fully saturated rings. The average Bonchev–Trinajstić information content (AvgIpc) is 3.27. The van der Waals surface area contributed by atoms with Crippen LogP contribution in [-0.4, -0.2) is 27.8 Å². The fraction of sp³-hybridized carbons (Fsp3) is 0.160. The highest BCUT2D eigenvalue weighted by molar-refractivity contribution is 5.85. The number of aryl methyl sites for hydroxylation is 1. The van der Waals surface area contributed by atoms with Crippen LogP contribution in [0.25, 0.3) is 34.0 Å². The minimum absolute atomic E-state index is 0. The smallest absolute Gasteiger partial charge is 0.304 e. The minimum Gasteiger partial charge on any atom is -0.481 e. The molecule has 170 valence electrons. The molecule has 8 heteroatoms. The third-order valence-electron chi connectivity index (χ3n) is 5.09. The summed E-state index contributed by atoms with van der Waals surface area (Å²) >= 11 is 0. The van der Waals surface area contributed by atoms with Crippen molar-refractivity contribution < 1.29 is 18.8 Å². The number of hydrogen-bond donors (Lipinski definition) is 2. The van der Waals surface area contributed by atoms with Gasteiger partial charge in [-0.1, -0.05) is 47.6 Å². The molecule has 0 bridgehead atoms. The first-order valence-electron chi connectivity index (χ1n) is 10.2. The van der Waals surface area contributed by atoms with E-state index in [2.05, 4.69) is 15.5 Å². The summed E-state index contributed by atoms with van der Waals surface area (Å²) in [5, 5.41) is 15.9. The Morgan fingerprint density at radius 3 is 2.48 bits per heavy atom. The van der Waals surface area contributed by atoms with E-state index in [-0.39, 0.29) is 24.6 Å². The molecule has 4 aromatic rings. The molecule has 0 aliphatic heterocycles. The molecular formula is C25H23ClFN3O3. The highest BCUT2D eigenvalue weighted by atomic mass is 35.5. The first kappa shape index (κ1) is 24.1. The van der Waals surface area contributed by atoms with E-state index in [1.165, 1.54) is 12.1 Å². The number of benzene rings is 3. The van der Waals surface area contributed by atoms with Gasteiger partial charge in [0.1, 0.15) is 5.82 Å². The molecule has 3 aromatic carbocycles. The van der Waals surface area contributed by atoms with Gasteiger partial charge in [-0.25, -0.2) is 4.39 Å². The lowest BCUT2D eigenvalue weighted by atomic mass is 9.98. The maximum absolute atomic E-state index is 13.6. The second-order valence-electron chi connectivity index (χ2n) is 7.48. The molecular weight excluding hydrogens is 445 g/mol. The summed E-state index contributed by atoms with van der Waals surface area (Å²) in [5.74, 6) is -0.195. The van der Waals surface area contributed by atoms with Gasteiger partial charge < -0.3 is 14.9 Å². The number of nitrogens with one attached hydrogen (secondary N) is 1. The average molecular weight is 468 g/mol. The van der Waals surface area contributed by atoms with Crippen molar-refractivity contribution in [2.45, 2.75) is 19.9 Å². The largest absolute Gasteiger partial charge is 0.481 e. The highest BCUT2D eigenvalue weighted by Crippen LogP contribution is 2.29. The van der Waals surface area contributed by atoms with Gasteiger partial charge in [0.2, 0.25) is 5.82 Å². The molecule has 0 spiro atoms. The van der Waals surface area contributed by atoms with Crippen LogP contribution in [0.5, 0.6) is 0 Å². The van der Waals surface area contributed by atoms with Crippen LogP contribution in [0.1, 0.15) is 17.5 Å². The Labute approximate surface area is 196 Å². The van der Waals surface area contributed by atoms with Crippen LogP contribution >= 0.6 is 12.4 Å². The van der Waals surface area contributed by atoms with Crippen LogP contribution in [0.3, 0.4) is 0 Å². The predicted molar refractivity (Wildman–Crippen MR) is 127 cm³/mol. The van der Waals surface area contributed by atoms with Crippen LogP contribution in [-0.2, 0) is 11.3 Å². The molecule has 1 heterocycles. The fourth-order valence-electron chi connectivity index (χ4n) is 3.43. The van der Waals surface area contributed by atoms with Crippen LogP contribution in [0, 0.1) is 12.7 Å². The molecule has 33 heavy (non-hydrogen) atoms. The fourth-order valence-corrected chi connectivity index (χ4v) is 3.43. The van der Waals surface area contributed by atoms with Gasteiger partial charge >= 0.3 is 5.97 Å². The van der Waals surface area contributed by atoms with Gasteiger partial charge in [0, 0.05) is 24.2 Å². The van der Waals surface area contributed by atoms with Crippen LogP contribution in [0.4, 0.5) is 4.39 Å². The Bertz CT molecular complexity index is 1240. The number of nitrogens with zero attached hydrogens (tertiary/aromatic N) is 2. The van der Waals surface area contributed by atoms with Crippen molar-refractivity contribution in [2.24, 2.45) is 0 Å². The zero-order valence-corrected chi connectivity index (χ0v) is 18.7. The minimum atomic E-state index is -0.820. The van der Waals surface area contributed by atoms with Crippen LogP contribution < -0.4 is 5.32 Å². The first-order chi connectivity index (χ1) is 15.5. The summed E-state index contributed by atoms with van der Waals surface area (Å²) in [5.41, 5.74) is 5.39. The molecule has 4 rings (SSSR count). The van der Waals surface area contributed by atoms with E-state index in [0.717, 1.165) is 33.4 Å². The molecule has 0 radical (unpaired) electrons. The SMILES string of the molecule is Cc1cc(-c2nc(-c3ccc(CNCCC(=O)O)cc3)no2)ccc1-c1cccc(F)c1.Cl. The number of aliphatic carboxylic acids is 1. The number of halogens is 2. The van der Waals surface area contributed by atoms with Gasteiger partial charge in [-0.3, -0.25) is 4.79 Å². The lowest BCUT2D eigenvalue weighted by molar-refractivity contribution is -0.136. The molecule has 0 saturated heterocycles. The zero-order valence-electron chi connectivity index (χ0n) is 17.9. The molecule has 0 aliphatic carbocycles. The van der Waals surface area contributed by atoms with Crippen molar-refractivity contribution in [3.8, 4) is 34.0 Å². The number of rotatable bonds is 8. The van der Waals surface area contributed by atoms with Crippen molar-refractivity contribution in [3.63, 3.8) is 0 Å². The second kappa shape index (κ2) is 10.8. The maximum atomic E-state index is 13.6. The van der Waals surface area contributed by atoms with Crippen molar-refractivity contribution in [3.05, 3.63) is 83.7 Å². The van der Waals surface area contributed by atoms with Gasteiger partial charge in [-0.15, -0.1) is 12.4 Å². The zero-order chi connectivity index (χ0) is 22.5. The summed E-state index contributed by atoms with van der Waals surface area (Å²) in [6.45, 7) is 2.97. The van der Waals surface area contributed by atoms with Crippen molar-refractivity contribution in [1.29, 1.82) is 0 Å². The molecule has 0 aliphatic rings. The summed E-state index contributed by atoms with van der Waals surface area (Å²) in [6.07, 6.45) is 0.0897. The predicted octanol–water partition coefficient (Wildman–Crippen LogP) is 5.50. The highest BCUT2D eigenvalue weighted by Gasteiger charge is 2.13.